The minimum atomic E-state index is -0.589. The van der Waals surface area contributed by atoms with Crippen LogP contribution in [0.15, 0.2) is 42.5 Å². The Labute approximate surface area is 229 Å². The van der Waals surface area contributed by atoms with E-state index in [1.165, 1.54) is 6.42 Å². The molecule has 1 heterocycles. The van der Waals surface area contributed by atoms with Gasteiger partial charge in [-0.2, -0.15) is 0 Å². The number of nitrogens with zero attached hydrogens (tertiary/aromatic N) is 3. The van der Waals surface area contributed by atoms with E-state index in [0.29, 0.717) is 17.0 Å². The lowest BCUT2D eigenvalue weighted by atomic mass is 9.88. The second-order valence-electron chi connectivity index (χ2n) is 11.1. The van der Waals surface area contributed by atoms with Crippen LogP contribution >= 0.6 is 0 Å². The van der Waals surface area contributed by atoms with Gasteiger partial charge in [-0.1, -0.05) is 25.3 Å². The maximum atomic E-state index is 13.1. The lowest BCUT2D eigenvalue weighted by Crippen LogP contribution is -2.33. The fourth-order valence-corrected chi connectivity index (χ4v) is 4.98. The van der Waals surface area contributed by atoms with Crippen LogP contribution < -0.4 is 15.5 Å². The Balaban J connectivity index is 1.63. The van der Waals surface area contributed by atoms with E-state index >= 15 is 0 Å². The SMILES string of the molecule is CNc1cccc(C(=O)Nc2nc3cc(N(C)C(=O)C4CCCCC4)ccc3n2CCC(=O)OC(C)(C)C)c1. The third-order valence-corrected chi connectivity index (χ3v) is 7.00. The average Bonchev–Trinajstić information content (AvgIpc) is 3.26. The van der Waals surface area contributed by atoms with Gasteiger partial charge in [-0.3, -0.25) is 19.7 Å². The fourth-order valence-electron chi connectivity index (χ4n) is 4.98. The van der Waals surface area contributed by atoms with Crippen LogP contribution in [0.1, 0.15) is 69.7 Å². The number of benzene rings is 2. The molecule has 1 fully saturated rings. The molecule has 0 aliphatic heterocycles. The number of hydrogen-bond donors (Lipinski definition) is 2. The number of fused-ring (bicyclic) bond motifs is 1. The van der Waals surface area contributed by atoms with E-state index in [9.17, 15) is 14.4 Å². The second kappa shape index (κ2) is 11.9. The highest BCUT2D eigenvalue weighted by Gasteiger charge is 2.26. The molecule has 208 valence electrons. The number of imidazole rings is 1. The van der Waals surface area contributed by atoms with Crippen LogP contribution in [-0.4, -0.2) is 47.0 Å². The normalized spacial score (nSPS) is 14.2. The van der Waals surface area contributed by atoms with Gasteiger partial charge in [0.1, 0.15) is 5.60 Å². The number of carbonyl (C=O) groups excluding carboxylic acids is 3. The minimum Gasteiger partial charge on any atom is -0.460 e. The van der Waals surface area contributed by atoms with Crippen molar-refractivity contribution >= 4 is 46.1 Å². The van der Waals surface area contributed by atoms with E-state index in [4.69, 9.17) is 9.72 Å². The number of esters is 1. The molecule has 3 aromatic rings. The number of aryl methyl sites for hydroxylation is 1. The summed E-state index contributed by atoms with van der Waals surface area (Å²) < 4.78 is 7.30. The van der Waals surface area contributed by atoms with E-state index in [-0.39, 0.29) is 36.7 Å². The first-order valence-electron chi connectivity index (χ1n) is 13.6. The first-order chi connectivity index (χ1) is 18.6. The molecule has 0 atom stereocenters. The van der Waals surface area contributed by atoms with Gasteiger partial charge in [0.25, 0.3) is 5.91 Å². The second-order valence-corrected chi connectivity index (χ2v) is 11.1. The molecule has 2 N–H and O–H groups in total. The third-order valence-electron chi connectivity index (χ3n) is 7.00. The number of ether oxygens (including phenoxy) is 1. The van der Waals surface area contributed by atoms with Gasteiger partial charge in [0.15, 0.2) is 0 Å². The topological polar surface area (TPSA) is 106 Å². The van der Waals surface area contributed by atoms with Crippen molar-refractivity contribution < 1.29 is 19.1 Å². The average molecular weight is 534 g/mol. The Kier molecular flexibility index (Phi) is 8.57. The number of carbonyl (C=O) groups is 3. The zero-order valence-electron chi connectivity index (χ0n) is 23.5. The fraction of sp³-hybridized carbons (Fsp3) is 0.467. The highest BCUT2D eigenvalue weighted by Crippen LogP contribution is 2.30. The van der Waals surface area contributed by atoms with Crippen molar-refractivity contribution in [3.63, 3.8) is 0 Å². The summed E-state index contributed by atoms with van der Waals surface area (Å²) in [5.74, 6) is -0.152. The molecule has 2 aromatic carbocycles. The van der Waals surface area contributed by atoms with Crippen molar-refractivity contribution in [2.24, 2.45) is 5.92 Å². The Hall–Kier alpha value is -3.88. The number of nitrogens with one attached hydrogen (secondary N) is 2. The molecule has 9 nitrogen and oxygen atoms in total. The molecule has 4 rings (SSSR count). The Morgan fingerprint density at radius 1 is 1.08 bits per heavy atom. The van der Waals surface area contributed by atoms with Crippen molar-refractivity contribution in [2.75, 3.05) is 29.6 Å². The first-order valence-corrected chi connectivity index (χ1v) is 13.6. The molecule has 1 saturated carbocycles. The minimum absolute atomic E-state index is 0.0501. The molecule has 0 saturated heterocycles. The van der Waals surface area contributed by atoms with Gasteiger partial charge < -0.3 is 19.5 Å². The van der Waals surface area contributed by atoms with Gasteiger partial charge >= 0.3 is 5.97 Å². The number of anilines is 3. The standard InChI is InChI=1S/C30H39N5O4/c1-30(2,3)39-26(36)16-17-35-25-15-14-23(34(5)28(38)20-10-7-6-8-11-20)19-24(25)32-29(35)33-27(37)21-12-9-13-22(18-21)31-4/h9,12-15,18-20,31H,6-8,10-11,16-17H2,1-5H3,(H,32,33,37). The number of amides is 2. The summed E-state index contributed by atoms with van der Waals surface area (Å²) in [5, 5.41) is 5.95. The number of rotatable bonds is 8. The lowest BCUT2D eigenvalue weighted by Gasteiger charge is -2.26. The van der Waals surface area contributed by atoms with Crippen LogP contribution in [0, 0.1) is 5.92 Å². The van der Waals surface area contributed by atoms with Crippen LogP contribution in [0.3, 0.4) is 0 Å². The molecule has 0 radical (unpaired) electrons. The predicted molar refractivity (Wildman–Crippen MR) is 154 cm³/mol. The monoisotopic (exact) mass is 533 g/mol. The van der Waals surface area contributed by atoms with Gasteiger partial charge in [0.05, 0.1) is 17.5 Å². The van der Waals surface area contributed by atoms with Gasteiger partial charge in [0, 0.05) is 43.5 Å². The summed E-state index contributed by atoms with van der Waals surface area (Å²) in [6, 6.07) is 12.8. The van der Waals surface area contributed by atoms with E-state index in [2.05, 4.69) is 10.6 Å². The van der Waals surface area contributed by atoms with Gasteiger partial charge in [-0.25, -0.2) is 4.98 Å². The summed E-state index contributed by atoms with van der Waals surface area (Å²) in [6.45, 7) is 5.76. The number of aromatic nitrogens is 2. The van der Waals surface area contributed by atoms with Crippen molar-refractivity contribution in [1.29, 1.82) is 0 Å². The van der Waals surface area contributed by atoms with Crippen LogP contribution in [0.25, 0.3) is 11.0 Å². The smallest absolute Gasteiger partial charge is 0.308 e. The largest absolute Gasteiger partial charge is 0.460 e. The first kappa shape index (κ1) is 28.1. The van der Waals surface area contributed by atoms with Crippen molar-refractivity contribution in [1.82, 2.24) is 9.55 Å². The zero-order valence-corrected chi connectivity index (χ0v) is 23.5. The van der Waals surface area contributed by atoms with Crippen molar-refractivity contribution in [3.05, 3.63) is 48.0 Å². The molecule has 39 heavy (non-hydrogen) atoms. The van der Waals surface area contributed by atoms with Crippen molar-refractivity contribution in [3.8, 4) is 0 Å². The van der Waals surface area contributed by atoms with Crippen molar-refractivity contribution in [2.45, 2.75) is 71.4 Å². The van der Waals surface area contributed by atoms with E-state index in [1.54, 1.807) is 37.2 Å². The van der Waals surface area contributed by atoms with Gasteiger partial charge in [-0.15, -0.1) is 0 Å². The zero-order chi connectivity index (χ0) is 28.2. The Morgan fingerprint density at radius 3 is 2.51 bits per heavy atom. The molecular weight excluding hydrogens is 494 g/mol. The maximum absolute atomic E-state index is 13.1. The predicted octanol–water partition coefficient (Wildman–Crippen LogP) is 5.61. The molecule has 2 amide bonds. The Bertz CT molecular complexity index is 1350. The summed E-state index contributed by atoms with van der Waals surface area (Å²) in [4.78, 5) is 45.2. The highest BCUT2D eigenvalue weighted by molar-refractivity contribution is 6.05. The Morgan fingerprint density at radius 2 is 1.82 bits per heavy atom. The molecule has 1 aliphatic carbocycles. The maximum Gasteiger partial charge on any atom is 0.308 e. The van der Waals surface area contributed by atoms with Gasteiger partial charge in [-0.05, 0) is 70.0 Å². The number of hydrogen-bond acceptors (Lipinski definition) is 6. The molecule has 0 bridgehead atoms. The van der Waals surface area contributed by atoms with Gasteiger partial charge in [0.2, 0.25) is 11.9 Å². The quantitative estimate of drug-likeness (QED) is 0.365. The van der Waals surface area contributed by atoms with E-state index in [0.717, 1.165) is 42.6 Å². The summed E-state index contributed by atoms with van der Waals surface area (Å²) in [6.07, 6.45) is 5.33. The van der Waals surface area contributed by atoms with Crippen LogP contribution in [0.4, 0.5) is 17.3 Å². The molecule has 1 aliphatic rings. The molecule has 0 spiro atoms. The summed E-state index contributed by atoms with van der Waals surface area (Å²) >= 11 is 0. The van der Waals surface area contributed by atoms with Crippen LogP contribution in [-0.2, 0) is 20.9 Å². The van der Waals surface area contributed by atoms with E-state index in [1.807, 2.05) is 49.6 Å². The molecular formula is C30H39N5O4. The summed E-state index contributed by atoms with van der Waals surface area (Å²) in [5.41, 5.74) is 2.82. The van der Waals surface area contributed by atoms with E-state index < -0.39 is 5.60 Å². The van der Waals surface area contributed by atoms with Crippen LogP contribution in [0.2, 0.25) is 0 Å². The molecule has 0 unspecified atom stereocenters. The summed E-state index contributed by atoms with van der Waals surface area (Å²) in [7, 11) is 3.59. The van der Waals surface area contributed by atoms with Crippen LogP contribution in [0.5, 0.6) is 0 Å². The molecule has 9 heteroatoms. The third kappa shape index (κ3) is 6.96. The lowest BCUT2D eigenvalue weighted by molar-refractivity contribution is -0.155. The molecule has 1 aromatic heterocycles. The highest BCUT2D eigenvalue weighted by atomic mass is 16.6.